The Morgan fingerprint density at radius 2 is 1.41 bits per heavy atom. The van der Waals surface area contributed by atoms with Crippen LogP contribution in [0.2, 0.25) is 0 Å². The van der Waals surface area contributed by atoms with Gasteiger partial charge < -0.3 is 20.1 Å². The number of rotatable bonds is 10. The molecule has 0 aliphatic heterocycles. The molecule has 0 saturated carbocycles. The van der Waals surface area contributed by atoms with Gasteiger partial charge >= 0.3 is 0 Å². The standard InChI is InChI=1S/C31H30N2O4/c1-22-10-9-15-28(23(22)2)30(34)33-29(21-36-20-24-11-5-3-6-12-24)31(35)32-25-16-18-27(19-17-25)37-26-13-7-4-8-14-26/h3-19,29H,20-21H2,1-2H3,(H,32,35)(H,33,34). The van der Waals surface area contributed by atoms with Crippen molar-refractivity contribution in [3.8, 4) is 11.5 Å². The SMILES string of the molecule is Cc1cccc(C(=O)NC(COCc2ccccc2)C(=O)Nc2ccc(Oc3ccccc3)cc2)c1C. The summed E-state index contributed by atoms with van der Waals surface area (Å²) in [6.45, 7) is 4.19. The van der Waals surface area contributed by atoms with Crippen molar-refractivity contribution < 1.29 is 19.1 Å². The number of ether oxygens (including phenoxy) is 2. The number of para-hydroxylation sites is 1. The molecule has 0 aliphatic carbocycles. The van der Waals surface area contributed by atoms with Crippen LogP contribution in [0.1, 0.15) is 27.0 Å². The minimum Gasteiger partial charge on any atom is -0.457 e. The first-order valence-electron chi connectivity index (χ1n) is 12.1. The van der Waals surface area contributed by atoms with Gasteiger partial charge in [0.05, 0.1) is 13.2 Å². The average Bonchev–Trinajstić information content (AvgIpc) is 2.92. The summed E-state index contributed by atoms with van der Waals surface area (Å²) in [5, 5.41) is 5.73. The molecule has 2 N–H and O–H groups in total. The summed E-state index contributed by atoms with van der Waals surface area (Å²) in [6, 6.07) is 30.8. The highest BCUT2D eigenvalue weighted by atomic mass is 16.5. The lowest BCUT2D eigenvalue weighted by Gasteiger charge is -2.20. The summed E-state index contributed by atoms with van der Waals surface area (Å²) in [4.78, 5) is 26.3. The Morgan fingerprint density at radius 3 is 2.11 bits per heavy atom. The van der Waals surface area contributed by atoms with Gasteiger partial charge in [-0.2, -0.15) is 0 Å². The number of carbonyl (C=O) groups excluding carboxylic acids is 2. The number of aryl methyl sites for hydroxylation is 1. The second-order valence-electron chi connectivity index (χ2n) is 8.70. The van der Waals surface area contributed by atoms with Crippen molar-refractivity contribution in [3.05, 3.63) is 125 Å². The van der Waals surface area contributed by atoms with Crippen LogP contribution in [-0.2, 0) is 16.1 Å². The van der Waals surface area contributed by atoms with Crippen LogP contribution in [0.25, 0.3) is 0 Å². The largest absolute Gasteiger partial charge is 0.457 e. The maximum atomic E-state index is 13.2. The van der Waals surface area contributed by atoms with Gasteiger partial charge in [0, 0.05) is 11.3 Å². The Hall–Kier alpha value is -4.42. The molecule has 1 unspecified atom stereocenters. The monoisotopic (exact) mass is 494 g/mol. The lowest BCUT2D eigenvalue weighted by atomic mass is 10.0. The van der Waals surface area contributed by atoms with Crippen LogP contribution in [0.5, 0.6) is 11.5 Å². The van der Waals surface area contributed by atoms with E-state index in [1.807, 2.05) is 86.6 Å². The van der Waals surface area contributed by atoms with E-state index in [9.17, 15) is 9.59 Å². The summed E-state index contributed by atoms with van der Waals surface area (Å²) in [5.41, 5.74) is 3.98. The van der Waals surface area contributed by atoms with Crippen LogP contribution >= 0.6 is 0 Å². The van der Waals surface area contributed by atoms with Gasteiger partial charge in [0.25, 0.3) is 5.91 Å². The number of anilines is 1. The highest BCUT2D eigenvalue weighted by Crippen LogP contribution is 2.23. The number of benzene rings is 4. The topological polar surface area (TPSA) is 76.7 Å². The first-order chi connectivity index (χ1) is 18.0. The summed E-state index contributed by atoms with van der Waals surface area (Å²) in [6.07, 6.45) is 0. The van der Waals surface area contributed by atoms with E-state index in [1.54, 1.807) is 30.3 Å². The molecule has 1 atom stereocenters. The molecule has 0 bridgehead atoms. The van der Waals surface area contributed by atoms with Gasteiger partial charge in [-0.3, -0.25) is 9.59 Å². The number of nitrogens with one attached hydrogen (secondary N) is 2. The molecule has 4 rings (SSSR count). The predicted molar refractivity (Wildman–Crippen MR) is 145 cm³/mol. The van der Waals surface area contributed by atoms with Crippen molar-refractivity contribution in [1.29, 1.82) is 0 Å². The fourth-order valence-corrected chi connectivity index (χ4v) is 3.75. The summed E-state index contributed by atoms with van der Waals surface area (Å²) in [7, 11) is 0. The van der Waals surface area contributed by atoms with Gasteiger partial charge in [0.15, 0.2) is 0 Å². The van der Waals surface area contributed by atoms with Crippen LogP contribution < -0.4 is 15.4 Å². The molecule has 0 aromatic heterocycles. The number of amides is 2. The van der Waals surface area contributed by atoms with Gasteiger partial charge in [0.2, 0.25) is 5.91 Å². The maximum Gasteiger partial charge on any atom is 0.252 e. The summed E-state index contributed by atoms with van der Waals surface area (Å²) in [5.74, 6) is 0.680. The second-order valence-corrected chi connectivity index (χ2v) is 8.70. The van der Waals surface area contributed by atoms with Crippen molar-refractivity contribution in [2.45, 2.75) is 26.5 Å². The Labute approximate surface area is 217 Å². The first kappa shape index (κ1) is 25.7. The molecule has 0 fully saturated rings. The first-order valence-corrected chi connectivity index (χ1v) is 12.1. The Balaban J connectivity index is 1.43. The molecule has 0 radical (unpaired) electrons. The van der Waals surface area contributed by atoms with Gasteiger partial charge in [-0.1, -0.05) is 60.7 Å². The third-order valence-corrected chi connectivity index (χ3v) is 5.97. The third kappa shape index (κ3) is 7.29. The van der Waals surface area contributed by atoms with Crippen molar-refractivity contribution in [1.82, 2.24) is 5.32 Å². The van der Waals surface area contributed by atoms with E-state index < -0.39 is 6.04 Å². The van der Waals surface area contributed by atoms with Gasteiger partial charge in [0.1, 0.15) is 17.5 Å². The Morgan fingerprint density at radius 1 is 0.757 bits per heavy atom. The van der Waals surface area contributed by atoms with Gasteiger partial charge in [-0.25, -0.2) is 0 Å². The summed E-state index contributed by atoms with van der Waals surface area (Å²) >= 11 is 0. The molecule has 0 spiro atoms. The van der Waals surface area contributed by atoms with Crippen LogP contribution in [0, 0.1) is 13.8 Å². The predicted octanol–water partition coefficient (Wildman–Crippen LogP) is 6.05. The van der Waals surface area contributed by atoms with Crippen molar-refractivity contribution in [2.75, 3.05) is 11.9 Å². The second kappa shape index (κ2) is 12.5. The van der Waals surface area contributed by atoms with E-state index in [1.165, 1.54) is 0 Å². The normalized spacial score (nSPS) is 11.4. The molecule has 6 heteroatoms. The number of hydrogen-bond acceptors (Lipinski definition) is 4. The Bertz CT molecular complexity index is 1320. The smallest absolute Gasteiger partial charge is 0.252 e. The molecule has 0 saturated heterocycles. The number of hydrogen-bond donors (Lipinski definition) is 2. The lowest BCUT2D eigenvalue weighted by molar-refractivity contribution is -0.119. The summed E-state index contributed by atoms with van der Waals surface area (Å²) < 4.78 is 11.6. The number of carbonyl (C=O) groups is 2. The molecule has 2 amide bonds. The van der Waals surface area contributed by atoms with E-state index >= 15 is 0 Å². The molecule has 0 aliphatic rings. The minimum absolute atomic E-state index is 0.0204. The van der Waals surface area contributed by atoms with E-state index in [2.05, 4.69) is 10.6 Å². The van der Waals surface area contributed by atoms with Crippen molar-refractivity contribution in [3.63, 3.8) is 0 Å². The highest BCUT2D eigenvalue weighted by Gasteiger charge is 2.23. The molecule has 6 nitrogen and oxygen atoms in total. The van der Waals surface area contributed by atoms with E-state index in [0.29, 0.717) is 23.6 Å². The quantitative estimate of drug-likeness (QED) is 0.281. The van der Waals surface area contributed by atoms with Crippen LogP contribution in [0.4, 0.5) is 5.69 Å². The molecular weight excluding hydrogens is 464 g/mol. The van der Waals surface area contributed by atoms with Gasteiger partial charge in [-0.05, 0) is 73.0 Å². The molecule has 0 heterocycles. The fourth-order valence-electron chi connectivity index (χ4n) is 3.75. The molecular formula is C31H30N2O4. The minimum atomic E-state index is -0.892. The lowest BCUT2D eigenvalue weighted by Crippen LogP contribution is -2.47. The zero-order valence-electron chi connectivity index (χ0n) is 20.9. The Kier molecular flexibility index (Phi) is 8.68. The van der Waals surface area contributed by atoms with Crippen LogP contribution in [0.15, 0.2) is 103 Å². The van der Waals surface area contributed by atoms with Gasteiger partial charge in [-0.15, -0.1) is 0 Å². The van der Waals surface area contributed by atoms with E-state index in [-0.39, 0.29) is 18.4 Å². The molecule has 4 aromatic rings. The van der Waals surface area contributed by atoms with Crippen LogP contribution in [-0.4, -0.2) is 24.5 Å². The zero-order chi connectivity index (χ0) is 26.0. The van der Waals surface area contributed by atoms with E-state index in [4.69, 9.17) is 9.47 Å². The molecule has 4 aromatic carbocycles. The highest BCUT2D eigenvalue weighted by molar-refractivity contribution is 6.02. The molecule has 188 valence electrons. The molecule has 37 heavy (non-hydrogen) atoms. The third-order valence-electron chi connectivity index (χ3n) is 5.97. The zero-order valence-corrected chi connectivity index (χ0v) is 20.9. The van der Waals surface area contributed by atoms with Crippen molar-refractivity contribution in [2.24, 2.45) is 0 Å². The van der Waals surface area contributed by atoms with Crippen molar-refractivity contribution >= 4 is 17.5 Å². The van der Waals surface area contributed by atoms with E-state index in [0.717, 1.165) is 22.4 Å². The van der Waals surface area contributed by atoms with Crippen LogP contribution in [0.3, 0.4) is 0 Å². The fraction of sp³-hybridized carbons (Fsp3) is 0.161. The average molecular weight is 495 g/mol. The maximum absolute atomic E-state index is 13.2.